The van der Waals surface area contributed by atoms with Gasteiger partial charge in [-0.15, -0.1) is 0 Å². The topological polar surface area (TPSA) is 84.2 Å². The smallest absolute Gasteiger partial charge is 0.333 e. The minimum absolute atomic E-state index is 0.0856. The molecule has 7 nitrogen and oxygen atoms in total. The van der Waals surface area contributed by atoms with E-state index in [0.29, 0.717) is 17.3 Å². The molecule has 3 rings (SSSR count). The molecule has 1 N–H and O–H groups in total. The second kappa shape index (κ2) is 7.79. The summed E-state index contributed by atoms with van der Waals surface area (Å²) in [5.74, 6) is 0.302. The molecule has 2 aromatic carbocycles. The quantitative estimate of drug-likeness (QED) is 0.489. The Morgan fingerprint density at radius 1 is 1.12 bits per heavy atom. The average Bonchev–Trinajstić information content (AvgIpc) is 2.65. The Labute approximate surface area is 155 Å². The first-order valence-electron chi connectivity index (χ1n) is 7.95. The highest BCUT2D eigenvalue weighted by Gasteiger charge is 2.27. The van der Waals surface area contributed by atoms with Crippen molar-refractivity contribution in [2.24, 2.45) is 0 Å². The fourth-order valence-electron chi connectivity index (χ4n) is 2.58. The molecule has 0 aliphatic rings. The molecule has 0 spiro atoms. The summed E-state index contributed by atoms with van der Waals surface area (Å²) in [7, 11) is 0. The van der Waals surface area contributed by atoms with Crippen molar-refractivity contribution < 1.29 is 4.92 Å². The first kappa shape index (κ1) is 17.6. The molecule has 0 aliphatic carbocycles. The van der Waals surface area contributed by atoms with Crippen LogP contribution in [0.1, 0.15) is 6.92 Å². The number of rotatable bonds is 6. The van der Waals surface area contributed by atoms with Crippen LogP contribution in [0.2, 0.25) is 5.02 Å². The average molecular weight is 370 g/mol. The zero-order valence-corrected chi connectivity index (χ0v) is 14.7. The highest BCUT2D eigenvalue weighted by Crippen LogP contribution is 2.37. The van der Waals surface area contributed by atoms with Gasteiger partial charge in [-0.25, -0.2) is 9.97 Å². The number of para-hydroxylation sites is 2. The minimum Gasteiger partial charge on any atom is -0.333 e. The molecule has 26 heavy (non-hydrogen) atoms. The van der Waals surface area contributed by atoms with Gasteiger partial charge in [-0.1, -0.05) is 41.9 Å². The van der Waals surface area contributed by atoms with E-state index in [9.17, 15) is 10.1 Å². The molecule has 0 saturated carbocycles. The molecule has 0 bridgehead atoms. The van der Waals surface area contributed by atoms with E-state index in [1.807, 2.05) is 37.3 Å². The number of nitro groups is 1. The van der Waals surface area contributed by atoms with Crippen molar-refractivity contribution in [1.29, 1.82) is 0 Å². The molecule has 132 valence electrons. The largest absolute Gasteiger partial charge is 0.354 e. The second-order valence-corrected chi connectivity index (χ2v) is 5.74. The van der Waals surface area contributed by atoms with E-state index in [1.54, 1.807) is 29.2 Å². The van der Waals surface area contributed by atoms with Gasteiger partial charge >= 0.3 is 5.69 Å². The van der Waals surface area contributed by atoms with Gasteiger partial charge in [0, 0.05) is 12.2 Å². The molecule has 0 radical (unpaired) electrons. The van der Waals surface area contributed by atoms with Crippen LogP contribution >= 0.6 is 11.6 Å². The van der Waals surface area contributed by atoms with Gasteiger partial charge in [0.2, 0.25) is 11.6 Å². The summed E-state index contributed by atoms with van der Waals surface area (Å²) in [6, 6.07) is 16.3. The normalized spacial score (nSPS) is 10.4. The first-order chi connectivity index (χ1) is 12.6. The van der Waals surface area contributed by atoms with E-state index in [2.05, 4.69) is 15.3 Å². The van der Waals surface area contributed by atoms with Crippen LogP contribution in [-0.4, -0.2) is 21.4 Å². The molecule has 1 heterocycles. The molecule has 8 heteroatoms. The van der Waals surface area contributed by atoms with Gasteiger partial charge in [0.15, 0.2) is 0 Å². The van der Waals surface area contributed by atoms with Crippen molar-refractivity contribution in [2.45, 2.75) is 6.92 Å². The molecule has 0 unspecified atom stereocenters. The highest BCUT2D eigenvalue weighted by atomic mass is 35.5. The summed E-state index contributed by atoms with van der Waals surface area (Å²) in [6.45, 7) is 2.41. The Hall–Kier alpha value is -3.19. The molecular weight excluding hydrogens is 354 g/mol. The third-order valence-corrected chi connectivity index (χ3v) is 4.08. The standard InChI is InChI=1S/C18H16ClN5O2/c1-2-23(13-8-4-3-5-9-13)18-16(24(25)26)17(20-12-21-18)22-15-11-7-6-10-14(15)19/h3-12H,2H2,1H3,(H,20,21,22). The van der Waals surface area contributed by atoms with Gasteiger partial charge in [-0.3, -0.25) is 10.1 Å². The van der Waals surface area contributed by atoms with Gasteiger partial charge in [0.1, 0.15) is 6.33 Å². The Morgan fingerprint density at radius 2 is 1.81 bits per heavy atom. The van der Waals surface area contributed by atoms with Gasteiger partial charge in [0.05, 0.1) is 15.6 Å². The van der Waals surface area contributed by atoms with Crippen LogP contribution in [0.25, 0.3) is 0 Å². The minimum atomic E-state index is -0.486. The third-order valence-electron chi connectivity index (χ3n) is 3.75. The molecule has 0 amide bonds. The van der Waals surface area contributed by atoms with E-state index in [-0.39, 0.29) is 17.3 Å². The predicted octanol–water partition coefficient (Wildman–Crippen LogP) is 4.94. The van der Waals surface area contributed by atoms with Crippen LogP contribution in [-0.2, 0) is 0 Å². The van der Waals surface area contributed by atoms with Crippen molar-refractivity contribution in [3.63, 3.8) is 0 Å². The first-order valence-corrected chi connectivity index (χ1v) is 8.33. The lowest BCUT2D eigenvalue weighted by Gasteiger charge is -2.22. The van der Waals surface area contributed by atoms with Crippen LogP contribution in [0.3, 0.4) is 0 Å². The number of halogens is 1. The Morgan fingerprint density at radius 3 is 2.46 bits per heavy atom. The molecule has 0 aliphatic heterocycles. The van der Waals surface area contributed by atoms with Gasteiger partial charge in [-0.2, -0.15) is 0 Å². The second-order valence-electron chi connectivity index (χ2n) is 5.34. The summed E-state index contributed by atoms with van der Waals surface area (Å²) in [5, 5.41) is 15.2. The Kier molecular flexibility index (Phi) is 5.28. The van der Waals surface area contributed by atoms with Crippen molar-refractivity contribution in [2.75, 3.05) is 16.8 Å². The van der Waals surface area contributed by atoms with Crippen molar-refractivity contribution in [3.05, 3.63) is 76.1 Å². The summed E-state index contributed by atoms with van der Waals surface area (Å²) in [5.41, 5.74) is 1.13. The van der Waals surface area contributed by atoms with E-state index in [1.165, 1.54) is 6.33 Å². The fraction of sp³-hybridized carbons (Fsp3) is 0.111. The Bertz CT molecular complexity index is 920. The summed E-state index contributed by atoms with van der Waals surface area (Å²) >= 11 is 6.15. The van der Waals surface area contributed by atoms with Gasteiger partial charge < -0.3 is 10.2 Å². The van der Waals surface area contributed by atoms with Crippen molar-refractivity contribution in [1.82, 2.24) is 9.97 Å². The number of nitrogens with zero attached hydrogens (tertiary/aromatic N) is 4. The maximum absolute atomic E-state index is 11.8. The SMILES string of the molecule is CCN(c1ccccc1)c1ncnc(Nc2ccccc2Cl)c1[N+](=O)[O-]. The molecule has 0 fully saturated rings. The van der Waals surface area contributed by atoms with E-state index in [0.717, 1.165) is 5.69 Å². The fourth-order valence-corrected chi connectivity index (χ4v) is 2.76. The van der Waals surface area contributed by atoms with Crippen LogP contribution in [0.5, 0.6) is 0 Å². The van der Waals surface area contributed by atoms with E-state index in [4.69, 9.17) is 11.6 Å². The lowest BCUT2D eigenvalue weighted by atomic mass is 10.2. The number of benzene rings is 2. The molecule has 1 aromatic heterocycles. The maximum Gasteiger partial charge on any atom is 0.354 e. The highest BCUT2D eigenvalue weighted by molar-refractivity contribution is 6.33. The van der Waals surface area contributed by atoms with E-state index >= 15 is 0 Å². The lowest BCUT2D eigenvalue weighted by Crippen LogP contribution is -2.19. The monoisotopic (exact) mass is 369 g/mol. The number of anilines is 4. The molecular formula is C18H16ClN5O2. The lowest BCUT2D eigenvalue weighted by molar-refractivity contribution is -0.383. The number of nitrogens with one attached hydrogen (secondary N) is 1. The molecule has 0 saturated heterocycles. The number of hydrogen-bond donors (Lipinski definition) is 1. The number of hydrogen-bond acceptors (Lipinski definition) is 6. The van der Waals surface area contributed by atoms with Crippen molar-refractivity contribution in [3.8, 4) is 0 Å². The zero-order valence-electron chi connectivity index (χ0n) is 14.0. The van der Waals surface area contributed by atoms with Crippen LogP contribution in [0, 0.1) is 10.1 Å². The predicted molar refractivity (Wildman–Crippen MR) is 103 cm³/mol. The van der Waals surface area contributed by atoms with Crippen LogP contribution < -0.4 is 10.2 Å². The van der Waals surface area contributed by atoms with Gasteiger partial charge in [-0.05, 0) is 31.2 Å². The molecule has 0 atom stereocenters. The zero-order chi connectivity index (χ0) is 18.5. The maximum atomic E-state index is 11.8. The third kappa shape index (κ3) is 3.57. The Balaban J connectivity index is 2.09. The van der Waals surface area contributed by atoms with Crippen LogP contribution in [0.15, 0.2) is 60.9 Å². The van der Waals surface area contributed by atoms with E-state index < -0.39 is 4.92 Å². The number of aromatic nitrogens is 2. The van der Waals surface area contributed by atoms with Crippen LogP contribution in [0.4, 0.5) is 28.7 Å². The molecule has 3 aromatic rings. The summed E-state index contributed by atoms with van der Waals surface area (Å²) < 4.78 is 0. The summed E-state index contributed by atoms with van der Waals surface area (Å²) in [6.07, 6.45) is 1.30. The summed E-state index contributed by atoms with van der Waals surface area (Å²) in [4.78, 5) is 21.3. The van der Waals surface area contributed by atoms with Gasteiger partial charge in [0.25, 0.3) is 0 Å². The van der Waals surface area contributed by atoms with Crippen molar-refractivity contribution >= 4 is 40.3 Å².